The fourth-order valence-electron chi connectivity index (χ4n) is 3.27. The van der Waals surface area contributed by atoms with Crippen molar-refractivity contribution < 1.29 is 14.3 Å². The van der Waals surface area contributed by atoms with Gasteiger partial charge in [0, 0.05) is 6.20 Å². The second-order valence-corrected chi connectivity index (χ2v) is 7.16. The molecule has 1 aliphatic carbocycles. The predicted molar refractivity (Wildman–Crippen MR) is 101 cm³/mol. The van der Waals surface area contributed by atoms with E-state index in [1.807, 2.05) is 0 Å². The molecule has 4 rings (SSSR count). The topological polar surface area (TPSA) is 97.1 Å². The Morgan fingerprint density at radius 2 is 2.18 bits per heavy atom. The number of carboxylic acid groups (broad SMARTS) is 1. The molecule has 0 radical (unpaired) electrons. The van der Waals surface area contributed by atoms with Gasteiger partial charge in [-0.1, -0.05) is 24.4 Å². The van der Waals surface area contributed by atoms with Gasteiger partial charge in [0.05, 0.1) is 28.3 Å². The zero-order valence-electron chi connectivity index (χ0n) is 14.6. The number of hydrogen-bond donors (Lipinski definition) is 2. The van der Waals surface area contributed by atoms with E-state index in [4.69, 9.17) is 11.6 Å². The number of pyridine rings is 1. The molecule has 0 unspecified atom stereocenters. The van der Waals surface area contributed by atoms with E-state index in [-0.39, 0.29) is 21.7 Å². The van der Waals surface area contributed by atoms with Crippen molar-refractivity contribution >= 4 is 28.6 Å². The molecule has 28 heavy (non-hydrogen) atoms. The average molecular weight is 403 g/mol. The van der Waals surface area contributed by atoms with Gasteiger partial charge in [0.1, 0.15) is 17.2 Å². The average Bonchev–Trinajstić information content (AvgIpc) is 3.48. The van der Waals surface area contributed by atoms with Gasteiger partial charge in [-0.3, -0.25) is 14.3 Å². The first-order valence-electron chi connectivity index (χ1n) is 8.76. The van der Waals surface area contributed by atoms with Crippen molar-refractivity contribution in [3.63, 3.8) is 0 Å². The minimum atomic E-state index is -1.25. The highest BCUT2D eigenvalue weighted by Gasteiger charge is 2.31. The van der Waals surface area contributed by atoms with Crippen LogP contribution in [-0.4, -0.2) is 25.7 Å². The summed E-state index contributed by atoms with van der Waals surface area (Å²) in [6.45, 7) is 0. The molecule has 1 atom stereocenters. The van der Waals surface area contributed by atoms with E-state index in [0.717, 1.165) is 18.9 Å². The summed E-state index contributed by atoms with van der Waals surface area (Å²) in [5, 5.41) is 11.7. The Morgan fingerprint density at radius 1 is 1.39 bits per heavy atom. The summed E-state index contributed by atoms with van der Waals surface area (Å²) in [5.41, 5.74) is -0.365. The number of carbonyl (C=O) groups is 1. The molecule has 7 nitrogen and oxygen atoms in total. The Kier molecular flexibility index (Phi) is 4.72. The molecule has 144 valence electrons. The Labute approximate surface area is 163 Å². The largest absolute Gasteiger partial charge is 0.465 e. The van der Waals surface area contributed by atoms with Crippen molar-refractivity contribution in [1.82, 2.24) is 19.9 Å². The normalized spacial score (nSPS) is 14.8. The second kappa shape index (κ2) is 7.20. The Morgan fingerprint density at radius 3 is 2.82 bits per heavy atom. The molecule has 0 aliphatic heterocycles. The quantitative estimate of drug-likeness (QED) is 0.678. The lowest BCUT2D eigenvalue weighted by molar-refractivity contribution is 0.187. The molecule has 0 spiro atoms. The summed E-state index contributed by atoms with van der Waals surface area (Å²) in [4.78, 5) is 33.0. The molecule has 1 aliphatic rings. The zero-order valence-corrected chi connectivity index (χ0v) is 15.4. The van der Waals surface area contributed by atoms with Crippen molar-refractivity contribution in [2.45, 2.75) is 25.3 Å². The van der Waals surface area contributed by atoms with Gasteiger partial charge in [-0.2, -0.15) is 0 Å². The van der Waals surface area contributed by atoms with Crippen LogP contribution < -0.4 is 10.9 Å². The van der Waals surface area contributed by atoms with Gasteiger partial charge in [0.15, 0.2) is 0 Å². The summed E-state index contributed by atoms with van der Waals surface area (Å²) >= 11 is 6.16. The van der Waals surface area contributed by atoms with Crippen LogP contribution in [0.2, 0.25) is 5.02 Å². The summed E-state index contributed by atoms with van der Waals surface area (Å²) in [6.07, 6.45) is 4.18. The van der Waals surface area contributed by atoms with E-state index in [1.165, 1.54) is 16.8 Å². The molecule has 2 N–H and O–H groups in total. The van der Waals surface area contributed by atoms with Crippen LogP contribution in [0.15, 0.2) is 41.5 Å². The molecule has 1 aromatic carbocycles. The molecule has 3 aromatic rings. The van der Waals surface area contributed by atoms with Crippen molar-refractivity contribution in [3.05, 3.63) is 63.7 Å². The SMILES string of the molecule is O=C(O)N[C@@H](CC1CC1)c1nc2c(F)ccc(Cl)c2c(=O)n1-c1cccnc1. The number of nitrogens with zero attached hydrogens (tertiary/aromatic N) is 3. The third-order valence-corrected chi connectivity index (χ3v) is 5.04. The van der Waals surface area contributed by atoms with Gasteiger partial charge >= 0.3 is 6.09 Å². The number of halogens is 2. The lowest BCUT2D eigenvalue weighted by Crippen LogP contribution is -2.34. The van der Waals surface area contributed by atoms with Gasteiger partial charge in [-0.25, -0.2) is 14.2 Å². The van der Waals surface area contributed by atoms with Crippen LogP contribution >= 0.6 is 11.6 Å². The van der Waals surface area contributed by atoms with E-state index in [2.05, 4.69) is 15.3 Å². The monoisotopic (exact) mass is 402 g/mol. The van der Waals surface area contributed by atoms with Crippen LogP contribution in [0.3, 0.4) is 0 Å². The molecule has 1 fully saturated rings. The lowest BCUT2D eigenvalue weighted by Gasteiger charge is -2.21. The van der Waals surface area contributed by atoms with E-state index < -0.39 is 23.5 Å². The van der Waals surface area contributed by atoms with E-state index in [9.17, 15) is 19.1 Å². The molecule has 2 heterocycles. The van der Waals surface area contributed by atoms with Crippen LogP contribution in [-0.2, 0) is 0 Å². The Balaban J connectivity index is 2.03. The van der Waals surface area contributed by atoms with E-state index in [0.29, 0.717) is 18.0 Å². The summed E-state index contributed by atoms with van der Waals surface area (Å²) in [5.74, 6) is -0.256. The van der Waals surface area contributed by atoms with Crippen molar-refractivity contribution in [2.75, 3.05) is 0 Å². The first-order chi connectivity index (χ1) is 13.5. The van der Waals surface area contributed by atoms with Crippen LogP contribution in [0.1, 0.15) is 31.1 Å². The van der Waals surface area contributed by atoms with Crippen molar-refractivity contribution in [3.8, 4) is 5.69 Å². The van der Waals surface area contributed by atoms with Crippen LogP contribution in [0.5, 0.6) is 0 Å². The standard InChI is InChI=1S/C19H16ClFN4O3/c20-12-5-6-13(21)16-15(12)18(26)25(11-2-1-7-22-9-11)17(24-16)14(23-19(27)28)8-10-3-4-10/h1-2,5-7,9-10,14,23H,3-4,8H2,(H,27,28)/t14-/m0/s1. The molecule has 1 saturated carbocycles. The van der Waals surface area contributed by atoms with Crippen LogP contribution in [0, 0.1) is 11.7 Å². The van der Waals surface area contributed by atoms with Crippen LogP contribution in [0.25, 0.3) is 16.6 Å². The number of benzene rings is 1. The maximum Gasteiger partial charge on any atom is 0.405 e. The number of hydrogen-bond acceptors (Lipinski definition) is 4. The van der Waals surface area contributed by atoms with Gasteiger partial charge < -0.3 is 10.4 Å². The lowest BCUT2D eigenvalue weighted by atomic mass is 10.1. The number of nitrogens with one attached hydrogen (secondary N) is 1. The first kappa shape index (κ1) is 18.4. The highest BCUT2D eigenvalue weighted by Crippen LogP contribution is 2.38. The minimum absolute atomic E-state index is 0.0604. The molecular weight excluding hydrogens is 387 g/mol. The smallest absolute Gasteiger partial charge is 0.405 e. The molecule has 2 aromatic heterocycles. The van der Waals surface area contributed by atoms with Gasteiger partial charge in [-0.05, 0) is 36.6 Å². The molecule has 0 bridgehead atoms. The second-order valence-electron chi connectivity index (χ2n) is 6.76. The molecule has 9 heteroatoms. The Bertz CT molecular complexity index is 1120. The first-order valence-corrected chi connectivity index (χ1v) is 9.14. The maximum absolute atomic E-state index is 14.4. The number of rotatable bonds is 5. The molecular formula is C19H16ClFN4O3. The molecule has 0 saturated heterocycles. The Hall–Kier alpha value is -3.00. The van der Waals surface area contributed by atoms with Crippen molar-refractivity contribution in [2.24, 2.45) is 5.92 Å². The third kappa shape index (κ3) is 3.43. The van der Waals surface area contributed by atoms with Gasteiger partial charge in [0.25, 0.3) is 5.56 Å². The summed E-state index contributed by atoms with van der Waals surface area (Å²) < 4.78 is 15.7. The van der Waals surface area contributed by atoms with Crippen LogP contribution in [0.4, 0.5) is 9.18 Å². The number of amides is 1. The van der Waals surface area contributed by atoms with Gasteiger partial charge in [0.2, 0.25) is 0 Å². The minimum Gasteiger partial charge on any atom is -0.465 e. The fourth-order valence-corrected chi connectivity index (χ4v) is 3.50. The maximum atomic E-state index is 14.4. The highest BCUT2D eigenvalue weighted by atomic mass is 35.5. The van der Waals surface area contributed by atoms with E-state index in [1.54, 1.807) is 18.3 Å². The highest BCUT2D eigenvalue weighted by molar-refractivity contribution is 6.35. The fraction of sp³-hybridized carbons (Fsp3) is 0.263. The summed E-state index contributed by atoms with van der Waals surface area (Å²) in [7, 11) is 0. The number of fused-ring (bicyclic) bond motifs is 1. The van der Waals surface area contributed by atoms with Gasteiger partial charge in [-0.15, -0.1) is 0 Å². The molecule has 1 amide bonds. The van der Waals surface area contributed by atoms with E-state index >= 15 is 0 Å². The predicted octanol–water partition coefficient (Wildman–Crippen LogP) is 3.68. The number of aromatic nitrogens is 3. The third-order valence-electron chi connectivity index (χ3n) is 4.73. The summed E-state index contributed by atoms with van der Waals surface area (Å²) in [6, 6.07) is 4.94. The zero-order chi connectivity index (χ0) is 19.8. The van der Waals surface area contributed by atoms with Crippen molar-refractivity contribution in [1.29, 1.82) is 0 Å².